The van der Waals surface area contributed by atoms with Crippen molar-refractivity contribution in [3.05, 3.63) is 29.8 Å². The summed E-state index contributed by atoms with van der Waals surface area (Å²) in [6.07, 6.45) is 0. The Labute approximate surface area is 135 Å². The van der Waals surface area contributed by atoms with E-state index in [1.807, 2.05) is 0 Å². The van der Waals surface area contributed by atoms with Crippen molar-refractivity contribution in [3.63, 3.8) is 0 Å². The van der Waals surface area contributed by atoms with Gasteiger partial charge in [-0.2, -0.15) is 0 Å². The highest BCUT2D eigenvalue weighted by atomic mass is 19.1. The van der Waals surface area contributed by atoms with Crippen LogP contribution in [0.4, 0.5) is 19.3 Å². The molecule has 1 fully saturated rings. The topological polar surface area (TPSA) is 53.6 Å². The first-order valence-corrected chi connectivity index (χ1v) is 7.79. The van der Waals surface area contributed by atoms with Crippen LogP contribution in [-0.2, 0) is 4.74 Å². The molecule has 7 heteroatoms. The van der Waals surface area contributed by atoms with Crippen LogP contribution in [0.25, 0.3) is 0 Å². The largest absolute Gasteiger partial charge is 0.379 e. The average molecular weight is 327 g/mol. The van der Waals surface area contributed by atoms with Gasteiger partial charge in [-0.15, -0.1) is 0 Å². The van der Waals surface area contributed by atoms with Crippen molar-refractivity contribution in [2.45, 2.75) is 19.9 Å². The summed E-state index contributed by atoms with van der Waals surface area (Å²) in [6.45, 7) is 7.69. The number of hydrogen-bond donors (Lipinski definition) is 2. The predicted octanol–water partition coefficient (Wildman–Crippen LogP) is 2.44. The van der Waals surface area contributed by atoms with Crippen molar-refractivity contribution in [1.82, 2.24) is 10.2 Å². The van der Waals surface area contributed by atoms with Crippen LogP contribution in [-0.4, -0.2) is 49.8 Å². The molecule has 0 spiro atoms. The van der Waals surface area contributed by atoms with Crippen LogP contribution >= 0.6 is 0 Å². The zero-order valence-electron chi connectivity index (χ0n) is 13.4. The summed E-state index contributed by atoms with van der Waals surface area (Å²) in [7, 11) is 0. The van der Waals surface area contributed by atoms with Crippen LogP contribution in [0, 0.1) is 17.6 Å². The van der Waals surface area contributed by atoms with Gasteiger partial charge in [-0.05, 0) is 18.1 Å². The smallest absolute Gasteiger partial charge is 0.319 e. The zero-order valence-corrected chi connectivity index (χ0v) is 13.4. The van der Waals surface area contributed by atoms with Crippen molar-refractivity contribution in [2.24, 2.45) is 5.92 Å². The van der Waals surface area contributed by atoms with Gasteiger partial charge in [-0.3, -0.25) is 4.90 Å². The van der Waals surface area contributed by atoms with Gasteiger partial charge in [0.05, 0.1) is 18.9 Å². The second-order valence-corrected chi connectivity index (χ2v) is 5.92. The highest BCUT2D eigenvalue weighted by Gasteiger charge is 2.24. The highest BCUT2D eigenvalue weighted by molar-refractivity contribution is 5.89. The number of urea groups is 1. The molecule has 0 aromatic heterocycles. The molecule has 5 nitrogen and oxygen atoms in total. The second kappa shape index (κ2) is 8.21. The second-order valence-electron chi connectivity index (χ2n) is 5.92. The molecule has 0 bridgehead atoms. The number of carbonyl (C=O) groups is 1. The van der Waals surface area contributed by atoms with E-state index in [9.17, 15) is 13.6 Å². The Balaban J connectivity index is 1.88. The van der Waals surface area contributed by atoms with E-state index in [-0.39, 0.29) is 11.7 Å². The first-order valence-electron chi connectivity index (χ1n) is 7.79. The van der Waals surface area contributed by atoms with E-state index < -0.39 is 17.7 Å². The Hall–Kier alpha value is -1.73. The summed E-state index contributed by atoms with van der Waals surface area (Å²) in [5.74, 6) is -1.12. The van der Waals surface area contributed by atoms with E-state index in [0.29, 0.717) is 25.7 Å². The standard InChI is InChI=1S/C16H23F2N3O2/c1-11(2)15(21-5-7-23-8-6-21)10-19-16(22)20-14-4-3-12(17)9-13(14)18/h3-4,9,11,15H,5-8,10H2,1-2H3,(H2,19,20,22). The van der Waals surface area contributed by atoms with Crippen LogP contribution in [0.1, 0.15) is 13.8 Å². The molecule has 2 rings (SSSR count). The molecule has 1 aliphatic heterocycles. The summed E-state index contributed by atoms with van der Waals surface area (Å²) in [4.78, 5) is 14.2. The normalized spacial score (nSPS) is 17.1. The van der Waals surface area contributed by atoms with Gasteiger partial charge < -0.3 is 15.4 Å². The number of rotatable bonds is 5. The summed E-state index contributed by atoms with van der Waals surface area (Å²) in [5, 5.41) is 5.16. The van der Waals surface area contributed by atoms with Crippen molar-refractivity contribution < 1.29 is 18.3 Å². The van der Waals surface area contributed by atoms with Gasteiger partial charge in [0, 0.05) is 31.7 Å². The molecule has 0 radical (unpaired) electrons. The molecule has 1 aromatic carbocycles. The minimum Gasteiger partial charge on any atom is -0.379 e. The number of amides is 2. The van der Waals surface area contributed by atoms with Gasteiger partial charge in [0.25, 0.3) is 0 Å². The molecule has 2 N–H and O–H groups in total. The molecule has 1 saturated heterocycles. The first kappa shape index (κ1) is 17.6. The lowest BCUT2D eigenvalue weighted by molar-refractivity contribution is 0.00728. The fraction of sp³-hybridized carbons (Fsp3) is 0.562. The Bertz CT molecular complexity index is 534. The van der Waals surface area contributed by atoms with Crippen molar-refractivity contribution in [3.8, 4) is 0 Å². The van der Waals surface area contributed by atoms with Crippen molar-refractivity contribution in [2.75, 3.05) is 38.2 Å². The van der Waals surface area contributed by atoms with Crippen LogP contribution < -0.4 is 10.6 Å². The fourth-order valence-electron chi connectivity index (χ4n) is 2.65. The van der Waals surface area contributed by atoms with Crippen molar-refractivity contribution in [1.29, 1.82) is 0 Å². The van der Waals surface area contributed by atoms with E-state index in [0.717, 1.165) is 25.2 Å². The predicted molar refractivity (Wildman–Crippen MR) is 84.4 cm³/mol. The van der Waals surface area contributed by atoms with Crippen LogP contribution in [0.15, 0.2) is 18.2 Å². The third-order valence-electron chi connectivity index (χ3n) is 3.94. The monoisotopic (exact) mass is 327 g/mol. The maximum atomic E-state index is 13.5. The molecule has 1 aromatic rings. The summed E-state index contributed by atoms with van der Waals surface area (Å²) < 4.78 is 31.7. The highest BCUT2D eigenvalue weighted by Crippen LogP contribution is 2.15. The van der Waals surface area contributed by atoms with Crippen LogP contribution in [0.3, 0.4) is 0 Å². The van der Waals surface area contributed by atoms with Gasteiger partial charge in [0.2, 0.25) is 0 Å². The van der Waals surface area contributed by atoms with E-state index in [1.54, 1.807) is 0 Å². The Morgan fingerprint density at radius 2 is 2.00 bits per heavy atom. The molecule has 1 atom stereocenters. The summed E-state index contributed by atoms with van der Waals surface area (Å²) >= 11 is 0. The van der Waals surface area contributed by atoms with E-state index >= 15 is 0 Å². The Kier molecular flexibility index (Phi) is 6.29. The number of halogens is 2. The van der Waals surface area contributed by atoms with Crippen LogP contribution in [0.2, 0.25) is 0 Å². The van der Waals surface area contributed by atoms with E-state index in [2.05, 4.69) is 29.4 Å². The van der Waals surface area contributed by atoms with Crippen molar-refractivity contribution >= 4 is 11.7 Å². The third kappa shape index (κ3) is 5.14. The number of hydrogen-bond acceptors (Lipinski definition) is 3. The molecular formula is C16H23F2N3O2. The summed E-state index contributed by atoms with van der Waals surface area (Å²) in [5.41, 5.74) is -0.0450. The van der Waals surface area contributed by atoms with E-state index in [1.165, 1.54) is 6.07 Å². The zero-order chi connectivity index (χ0) is 16.8. The number of carbonyl (C=O) groups excluding carboxylic acids is 1. The van der Waals surface area contributed by atoms with Gasteiger partial charge in [-0.1, -0.05) is 13.8 Å². The Morgan fingerprint density at radius 1 is 1.30 bits per heavy atom. The molecule has 0 saturated carbocycles. The van der Waals surface area contributed by atoms with Crippen LogP contribution in [0.5, 0.6) is 0 Å². The quantitative estimate of drug-likeness (QED) is 0.873. The van der Waals surface area contributed by atoms with Gasteiger partial charge in [0.15, 0.2) is 0 Å². The number of nitrogens with one attached hydrogen (secondary N) is 2. The molecular weight excluding hydrogens is 304 g/mol. The first-order chi connectivity index (χ1) is 11.0. The van der Waals surface area contributed by atoms with Gasteiger partial charge >= 0.3 is 6.03 Å². The number of nitrogens with zero attached hydrogens (tertiary/aromatic N) is 1. The maximum Gasteiger partial charge on any atom is 0.319 e. The third-order valence-corrected chi connectivity index (χ3v) is 3.94. The SMILES string of the molecule is CC(C)C(CNC(=O)Nc1ccc(F)cc1F)N1CCOCC1. The number of morpholine rings is 1. The van der Waals surface area contributed by atoms with E-state index in [4.69, 9.17) is 4.74 Å². The molecule has 23 heavy (non-hydrogen) atoms. The molecule has 1 heterocycles. The Morgan fingerprint density at radius 3 is 2.61 bits per heavy atom. The van der Waals surface area contributed by atoms with Gasteiger partial charge in [-0.25, -0.2) is 13.6 Å². The number of benzene rings is 1. The lowest BCUT2D eigenvalue weighted by Gasteiger charge is -2.36. The fourth-order valence-corrected chi connectivity index (χ4v) is 2.65. The molecule has 2 amide bonds. The molecule has 0 aliphatic carbocycles. The minimum absolute atomic E-state index is 0.0450. The lowest BCUT2D eigenvalue weighted by Crippen LogP contribution is -2.51. The number of anilines is 1. The molecule has 1 unspecified atom stereocenters. The minimum atomic E-state index is -0.797. The molecule has 1 aliphatic rings. The van der Waals surface area contributed by atoms with Gasteiger partial charge in [0.1, 0.15) is 11.6 Å². The molecule has 128 valence electrons. The summed E-state index contributed by atoms with van der Waals surface area (Å²) in [6, 6.07) is 2.72. The lowest BCUT2D eigenvalue weighted by atomic mass is 10.0. The average Bonchev–Trinajstić information content (AvgIpc) is 2.51. The number of ether oxygens (including phenoxy) is 1. The maximum absolute atomic E-state index is 13.5.